The van der Waals surface area contributed by atoms with E-state index >= 15 is 0 Å². The van der Waals surface area contributed by atoms with Crippen molar-refractivity contribution in [1.29, 1.82) is 0 Å². The van der Waals surface area contributed by atoms with Gasteiger partial charge in [-0.15, -0.1) is 0 Å². The minimum absolute atomic E-state index is 0.260. The van der Waals surface area contributed by atoms with Crippen molar-refractivity contribution in [3.63, 3.8) is 0 Å². The Bertz CT molecular complexity index is 631. The Labute approximate surface area is 219 Å². The van der Waals surface area contributed by atoms with Crippen molar-refractivity contribution in [2.75, 3.05) is 32.8 Å². The van der Waals surface area contributed by atoms with E-state index < -0.39 is 24.0 Å². The molecule has 3 aliphatic heterocycles. The van der Waals surface area contributed by atoms with E-state index in [-0.39, 0.29) is 31.0 Å². The summed E-state index contributed by atoms with van der Waals surface area (Å²) in [5.41, 5.74) is 0. The van der Waals surface area contributed by atoms with Crippen LogP contribution in [0.25, 0.3) is 0 Å². The second-order valence-corrected chi connectivity index (χ2v) is 11.7. The molecule has 3 saturated heterocycles. The van der Waals surface area contributed by atoms with Crippen LogP contribution in [-0.2, 0) is 28.4 Å². The number of hydrogen-bond acceptors (Lipinski definition) is 8. The molecule has 0 radical (unpaired) electrons. The molecule has 1 N–H and O–H groups in total. The summed E-state index contributed by atoms with van der Waals surface area (Å²) < 4.78 is 36.5. The highest BCUT2D eigenvalue weighted by atomic mass is 16.9. The SMILES string of the molecule is CCCCCCCCCCN(CCC)CC(O)COC[C@H]1O[C@@H]2OC(C)(C)O[C@@H]2[C@H]2OC(C)(C)O[C@H]21. The Balaban J connectivity index is 1.38. The van der Waals surface area contributed by atoms with Crippen molar-refractivity contribution in [2.45, 2.75) is 148 Å². The molecule has 3 fully saturated rings. The van der Waals surface area contributed by atoms with E-state index in [4.69, 9.17) is 28.4 Å². The number of fused-ring (bicyclic) bond motifs is 3. The smallest absolute Gasteiger partial charge is 0.190 e. The van der Waals surface area contributed by atoms with E-state index in [0.717, 1.165) is 19.5 Å². The number of ether oxygens (including phenoxy) is 6. The van der Waals surface area contributed by atoms with Crippen LogP contribution in [0.5, 0.6) is 0 Å². The van der Waals surface area contributed by atoms with E-state index in [0.29, 0.717) is 13.2 Å². The maximum Gasteiger partial charge on any atom is 0.190 e. The van der Waals surface area contributed by atoms with Crippen LogP contribution in [-0.4, -0.2) is 91.2 Å². The first kappa shape index (κ1) is 30.2. The lowest BCUT2D eigenvalue weighted by atomic mass is 9.99. The number of hydrogen-bond donors (Lipinski definition) is 1. The molecule has 0 bridgehead atoms. The molecule has 212 valence electrons. The lowest BCUT2D eigenvalue weighted by Gasteiger charge is -2.37. The van der Waals surface area contributed by atoms with Gasteiger partial charge in [0.15, 0.2) is 17.9 Å². The Morgan fingerprint density at radius 2 is 1.36 bits per heavy atom. The summed E-state index contributed by atoms with van der Waals surface area (Å²) >= 11 is 0. The van der Waals surface area contributed by atoms with Gasteiger partial charge in [0.25, 0.3) is 0 Å². The van der Waals surface area contributed by atoms with E-state index in [1.807, 2.05) is 27.7 Å². The molecule has 8 nitrogen and oxygen atoms in total. The minimum atomic E-state index is -0.736. The number of unbranched alkanes of at least 4 members (excludes halogenated alkanes) is 7. The van der Waals surface area contributed by atoms with Gasteiger partial charge in [-0.1, -0.05) is 58.8 Å². The molecule has 3 aliphatic rings. The molecule has 0 spiro atoms. The normalized spacial score (nSPS) is 31.5. The number of rotatable bonds is 17. The Kier molecular flexibility index (Phi) is 11.9. The van der Waals surface area contributed by atoms with Crippen LogP contribution in [0.2, 0.25) is 0 Å². The number of aliphatic hydroxyl groups excluding tert-OH is 1. The van der Waals surface area contributed by atoms with E-state index in [2.05, 4.69) is 18.7 Å². The monoisotopic (exact) mass is 515 g/mol. The molecule has 8 heteroatoms. The third kappa shape index (κ3) is 9.16. The molecule has 1 unspecified atom stereocenters. The van der Waals surface area contributed by atoms with E-state index in [1.165, 1.54) is 51.4 Å². The Morgan fingerprint density at radius 1 is 0.750 bits per heavy atom. The minimum Gasteiger partial charge on any atom is -0.389 e. The fraction of sp³-hybridized carbons (Fsp3) is 1.00. The van der Waals surface area contributed by atoms with Gasteiger partial charge in [-0.25, -0.2) is 0 Å². The van der Waals surface area contributed by atoms with Crippen molar-refractivity contribution in [2.24, 2.45) is 0 Å². The van der Waals surface area contributed by atoms with Gasteiger partial charge >= 0.3 is 0 Å². The van der Waals surface area contributed by atoms with Gasteiger partial charge in [0.1, 0.15) is 24.4 Å². The summed E-state index contributed by atoms with van der Waals surface area (Å²) in [6, 6.07) is 0. The van der Waals surface area contributed by atoms with Gasteiger partial charge in [0.05, 0.1) is 19.3 Å². The van der Waals surface area contributed by atoms with Crippen molar-refractivity contribution >= 4 is 0 Å². The second kappa shape index (κ2) is 14.2. The Hall–Kier alpha value is -0.320. The lowest BCUT2D eigenvalue weighted by molar-refractivity contribution is -0.244. The van der Waals surface area contributed by atoms with E-state index in [9.17, 15) is 5.11 Å². The highest BCUT2D eigenvalue weighted by Crippen LogP contribution is 2.44. The highest BCUT2D eigenvalue weighted by Gasteiger charge is 2.60. The van der Waals surface area contributed by atoms with Crippen LogP contribution in [0.1, 0.15) is 99.3 Å². The highest BCUT2D eigenvalue weighted by molar-refractivity contribution is 5.00. The first-order valence-electron chi connectivity index (χ1n) is 14.5. The van der Waals surface area contributed by atoms with Gasteiger partial charge in [-0.05, 0) is 53.6 Å². The average molecular weight is 516 g/mol. The van der Waals surface area contributed by atoms with Crippen LogP contribution in [0, 0.1) is 0 Å². The van der Waals surface area contributed by atoms with Crippen LogP contribution >= 0.6 is 0 Å². The van der Waals surface area contributed by atoms with Crippen molar-refractivity contribution in [1.82, 2.24) is 4.90 Å². The lowest BCUT2D eigenvalue weighted by Crippen LogP contribution is -2.56. The number of aliphatic hydroxyl groups is 1. The maximum atomic E-state index is 10.7. The molecular formula is C28H53NO7. The van der Waals surface area contributed by atoms with Gasteiger partial charge in [-0.2, -0.15) is 0 Å². The zero-order valence-corrected chi connectivity index (χ0v) is 23.7. The zero-order valence-electron chi connectivity index (χ0n) is 23.7. The van der Waals surface area contributed by atoms with Gasteiger partial charge in [0, 0.05) is 6.54 Å². The van der Waals surface area contributed by atoms with Gasteiger partial charge in [0.2, 0.25) is 0 Å². The molecule has 0 aromatic heterocycles. The molecule has 0 aromatic rings. The molecule has 36 heavy (non-hydrogen) atoms. The summed E-state index contributed by atoms with van der Waals surface area (Å²) in [5.74, 6) is -1.46. The van der Waals surface area contributed by atoms with Crippen LogP contribution < -0.4 is 0 Å². The predicted molar refractivity (Wildman–Crippen MR) is 139 cm³/mol. The summed E-state index contributed by atoms with van der Waals surface area (Å²) in [7, 11) is 0. The Morgan fingerprint density at radius 3 is 2.06 bits per heavy atom. The van der Waals surface area contributed by atoms with Crippen LogP contribution in [0.15, 0.2) is 0 Å². The quantitative estimate of drug-likeness (QED) is 0.281. The molecule has 0 amide bonds. The summed E-state index contributed by atoms with van der Waals surface area (Å²) in [6.07, 6.45) is 9.23. The fourth-order valence-electron chi connectivity index (χ4n) is 5.58. The summed E-state index contributed by atoms with van der Waals surface area (Å²) in [5, 5.41) is 10.7. The van der Waals surface area contributed by atoms with E-state index in [1.54, 1.807) is 0 Å². The van der Waals surface area contributed by atoms with Crippen LogP contribution in [0.3, 0.4) is 0 Å². The summed E-state index contributed by atoms with van der Waals surface area (Å²) in [6.45, 7) is 15.2. The van der Waals surface area contributed by atoms with Crippen molar-refractivity contribution in [3.05, 3.63) is 0 Å². The molecule has 0 aromatic carbocycles. The largest absolute Gasteiger partial charge is 0.389 e. The maximum absolute atomic E-state index is 10.7. The zero-order chi connectivity index (χ0) is 26.2. The standard InChI is InChI=1S/C28H53NO7/c1-7-9-10-11-12-13-14-15-17-29(16-8-2)18-21(30)19-31-20-22-23-24(34-27(3,4)33-23)25-26(32-22)36-28(5,6)35-25/h21-26,30H,7-20H2,1-6H3/t21?,22-,23+,24+,25-,26-/m1/s1. The van der Waals surface area contributed by atoms with Gasteiger partial charge in [-0.3, -0.25) is 0 Å². The molecule has 6 atom stereocenters. The molecule has 0 saturated carbocycles. The fourth-order valence-corrected chi connectivity index (χ4v) is 5.58. The molecule has 3 rings (SSSR count). The predicted octanol–water partition coefficient (Wildman–Crippen LogP) is 4.61. The van der Waals surface area contributed by atoms with Crippen LogP contribution in [0.4, 0.5) is 0 Å². The van der Waals surface area contributed by atoms with Crippen molar-refractivity contribution < 1.29 is 33.5 Å². The topological polar surface area (TPSA) is 78.9 Å². The third-order valence-electron chi connectivity index (χ3n) is 7.18. The molecule has 3 heterocycles. The molecular weight excluding hydrogens is 462 g/mol. The van der Waals surface area contributed by atoms with Gasteiger partial charge < -0.3 is 38.4 Å². The number of nitrogens with zero attached hydrogens (tertiary/aromatic N) is 1. The summed E-state index contributed by atoms with van der Waals surface area (Å²) in [4.78, 5) is 2.37. The molecule has 0 aliphatic carbocycles. The average Bonchev–Trinajstić information content (AvgIpc) is 3.29. The second-order valence-electron chi connectivity index (χ2n) is 11.7. The first-order valence-corrected chi connectivity index (χ1v) is 14.5. The first-order chi connectivity index (χ1) is 17.1. The van der Waals surface area contributed by atoms with Crippen molar-refractivity contribution in [3.8, 4) is 0 Å². The third-order valence-corrected chi connectivity index (χ3v) is 7.18.